The highest BCUT2D eigenvalue weighted by Gasteiger charge is 2.10. The van der Waals surface area contributed by atoms with Gasteiger partial charge in [-0.25, -0.2) is 0 Å². The van der Waals surface area contributed by atoms with Gasteiger partial charge in [0.1, 0.15) is 0 Å². The van der Waals surface area contributed by atoms with Gasteiger partial charge in [-0.1, -0.05) is 41.9 Å². The molecule has 6 heteroatoms. The molecule has 0 saturated heterocycles. The van der Waals surface area contributed by atoms with Gasteiger partial charge in [0.2, 0.25) is 5.91 Å². The Hall–Kier alpha value is -1.07. The molecule has 2 aromatic rings. The van der Waals surface area contributed by atoms with Crippen LogP contribution < -0.4 is 11.1 Å². The lowest BCUT2D eigenvalue weighted by Gasteiger charge is -2.11. The molecule has 0 aliphatic heterocycles. The molecule has 0 radical (unpaired) electrons. The number of amides is 1. The van der Waals surface area contributed by atoms with Gasteiger partial charge in [0.15, 0.2) is 0 Å². The first kappa shape index (κ1) is 18.0. The zero-order valence-electron chi connectivity index (χ0n) is 11.4. The average Bonchev–Trinajstić information content (AvgIpc) is 2.85. The van der Waals surface area contributed by atoms with Crippen LogP contribution in [0.1, 0.15) is 22.9 Å². The summed E-state index contributed by atoms with van der Waals surface area (Å²) in [4.78, 5) is 13.0. The van der Waals surface area contributed by atoms with E-state index in [4.69, 9.17) is 17.3 Å². The fourth-order valence-corrected chi connectivity index (χ4v) is 2.99. The summed E-state index contributed by atoms with van der Waals surface area (Å²) in [7, 11) is 0. The van der Waals surface area contributed by atoms with Crippen LogP contribution in [0.15, 0.2) is 42.5 Å². The van der Waals surface area contributed by atoms with Crippen molar-refractivity contribution in [3.05, 3.63) is 57.2 Å². The van der Waals surface area contributed by atoms with E-state index in [1.54, 1.807) is 0 Å². The maximum absolute atomic E-state index is 11.8. The molecule has 21 heavy (non-hydrogen) atoms. The third-order valence-corrected chi connectivity index (χ3v) is 4.25. The van der Waals surface area contributed by atoms with E-state index < -0.39 is 0 Å². The van der Waals surface area contributed by atoms with Gasteiger partial charge in [-0.15, -0.1) is 23.7 Å². The minimum Gasteiger partial charge on any atom is -0.356 e. The van der Waals surface area contributed by atoms with Crippen molar-refractivity contribution in [2.75, 3.05) is 6.54 Å². The van der Waals surface area contributed by atoms with Crippen LogP contribution in [0.3, 0.4) is 0 Å². The van der Waals surface area contributed by atoms with Crippen molar-refractivity contribution >= 4 is 41.3 Å². The number of benzene rings is 1. The van der Waals surface area contributed by atoms with Gasteiger partial charge in [0.05, 0.1) is 4.34 Å². The van der Waals surface area contributed by atoms with Crippen LogP contribution in [0.4, 0.5) is 0 Å². The van der Waals surface area contributed by atoms with Crippen LogP contribution in [0.25, 0.3) is 0 Å². The number of hydrogen-bond acceptors (Lipinski definition) is 3. The Morgan fingerprint density at radius 1 is 1.24 bits per heavy atom. The third kappa shape index (κ3) is 6.06. The molecule has 1 unspecified atom stereocenters. The van der Waals surface area contributed by atoms with Crippen LogP contribution in [0.2, 0.25) is 4.34 Å². The molecule has 3 nitrogen and oxygen atoms in total. The molecule has 1 amide bonds. The Labute approximate surface area is 139 Å². The summed E-state index contributed by atoms with van der Waals surface area (Å²) in [5.41, 5.74) is 6.99. The second-order valence-electron chi connectivity index (χ2n) is 4.53. The van der Waals surface area contributed by atoms with E-state index >= 15 is 0 Å². The summed E-state index contributed by atoms with van der Waals surface area (Å²) in [5, 5.41) is 2.89. The molecule has 0 spiro atoms. The highest BCUT2D eigenvalue weighted by atomic mass is 35.5. The van der Waals surface area contributed by atoms with E-state index in [9.17, 15) is 4.79 Å². The third-order valence-electron chi connectivity index (χ3n) is 2.96. The SMILES string of the molecule is Cl.NC(CC(=O)NCCc1ccc(Cl)s1)c1ccccc1. The van der Waals surface area contributed by atoms with Crippen LogP contribution in [0.5, 0.6) is 0 Å². The highest BCUT2D eigenvalue weighted by molar-refractivity contribution is 7.16. The van der Waals surface area contributed by atoms with E-state index in [1.807, 2.05) is 42.5 Å². The average molecular weight is 345 g/mol. The Kier molecular flexibility index (Phi) is 7.75. The number of hydrogen-bond donors (Lipinski definition) is 2. The fourth-order valence-electron chi connectivity index (χ4n) is 1.90. The monoisotopic (exact) mass is 344 g/mol. The maximum atomic E-state index is 11.8. The second kappa shape index (κ2) is 9.05. The number of halogens is 2. The first-order chi connectivity index (χ1) is 9.65. The molecule has 0 fully saturated rings. The number of carbonyl (C=O) groups excluding carboxylic acids is 1. The number of carbonyl (C=O) groups is 1. The maximum Gasteiger partial charge on any atom is 0.221 e. The van der Waals surface area contributed by atoms with Gasteiger partial charge in [0, 0.05) is 23.9 Å². The Morgan fingerprint density at radius 3 is 2.57 bits per heavy atom. The van der Waals surface area contributed by atoms with Crippen molar-refractivity contribution in [1.82, 2.24) is 5.32 Å². The smallest absolute Gasteiger partial charge is 0.221 e. The summed E-state index contributed by atoms with van der Waals surface area (Å²) < 4.78 is 0.775. The first-order valence-corrected chi connectivity index (χ1v) is 7.66. The molecule has 1 heterocycles. The van der Waals surface area contributed by atoms with Gasteiger partial charge in [-0.2, -0.15) is 0 Å². The van der Waals surface area contributed by atoms with Crippen LogP contribution in [0, 0.1) is 0 Å². The van der Waals surface area contributed by atoms with Crippen molar-refractivity contribution in [2.24, 2.45) is 5.73 Å². The predicted octanol–water partition coefficient (Wildman–Crippen LogP) is 3.57. The van der Waals surface area contributed by atoms with Gasteiger partial charge >= 0.3 is 0 Å². The molecular formula is C15H18Cl2N2OS. The topological polar surface area (TPSA) is 55.1 Å². The van der Waals surface area contributed by atoms with Crippen LogP contribution in [-0.4, -0.2) is 12.5 Å². The van der Waals surface area contributed by atoms with Gasteiger partial charge in [0.25, 0.3) is 0 Å². The lowest BCUT2D eigenvalue weighted by molar-refractivity contribution is -0.121. The zero-order valence-corrected chi connectivity index (χ0v) is 13.8. The predicted molar refractivity (Wildman–Crippen MR) is 91.3 cm³/mol. The lowest BCUT2D eigenvalue weighted by atomic mass is 10.0. The summed E-state index contributed by atoms with van der Waals surface area (Å²) in [6.45, 7) is 0.608. The summed E-state index contributed by atoms with van der Waals surface area (Å²) >= 11 is 7.39. The molecular weight excluding hydrogens is 327 g/mol. The number of nitrogens with one attached hydrogen (secondary N) is 1. The van der Waals surface area contributed by atoms with Crippen LogP contribution >= 0.6 is 35.3 Å². The lowest BCUT2D eigenvalue weighted by Crippen LogP contribution is -2.29. The van der Waals surface area contributed by atoms with Crippen LogP contribution in [-0.2, 0) is 11.2 Å². The molecule has 0 aliphatic carbocycles. The Balaban J connectivity index is 0.00000220. The molecule has 0 bridgehead atoms. The summed E-state index contributed by atoms with van der Waals surface area (Å²) in [5.74, 6) is -0.0241. The van der Waals surface area contributed by atoms with Gasteiger partial charge < -0.3 is 11.1 Å². The number of rotatable bonds is 6. The minimum atomic E-state index is -0.257. The molecule has 1 aromatic carbocycles. The van der Waals surface area contributed by atoms with Crippen molar-refractivity contribution in [1.29, 1.82) is 0 Å². The van der Waals surface area contributed by atoms with Gasteiger partial charge in [-0.3, -0.25) is 4.79 Å². The molecule has 2 rings (SSSR count). The Morgan fingerprint density at radius 2 is 1.95 bits per heavy atom. The summed E-state index contributed by atoms with van der Waals surface area (Å²) in [6.07, 6.45) is 1.10. The molecule has 114 valence electrons. The van der Waals surface area contributed by atoms with Crippen molar-refractivity contribution in [3.63, 3.8) is 0 Å². The van der Waals surface area contributed by atoms with E-state index in [1.165, 1.54) is 16.2 Å². The van der Waals surface area contributed by atoms with Crippen molar-refractivity contribution in [3.8, 4) is 0 Å². The second-order valence-corrected chi connectivity index (χ2v) is 6.33. The fraction of sp³-hybridized carbons (Fsp3) is 0.267. The molecule has 1 aromatic heterocycles. The molecule has 3 N–H and O–H groups in total. The van der Waals surface area contributed by atoms with E-state index in [2.05, 4.69) is 5.32 Å². The first-order valence-electron chi connectivity index (χ1n) is 6.46. The molecule has 1 atom stereocenters. The zero-order chi connectivity index (χ0) is 14.4. The number of thiophene rings is 1. The van der Waals surface area contributed by atoms with Crippen molar-refractivity contribution < 1.29 is 4.79 Å². The molecule has 0 saturated carbocycles. The van der Waals surface area contributed by atoms with E-state index in [-0.39, 0.29) is 24.4 Å². The quantitative estimate of drug-likeness (QED) is 0.841. The largest absolute Gasteiger partial charge is 0.356 e. The van der Waals surface area contributed by atoms with Crippen molar-refractivity contribution in [2.45, 2.75) is 18.9 Å². The number of nitrogens with two attached hydrogens (primary N) is 1. The minimum absolute atomic E-state index is 0. The normalized spacial score (nSPS) is 11.5. The highest BCUT2D eigenvalue weighted by Crippen LogP contribution is 2.21. The van der Waals surface area contributed by atoms with E-state index in [0.29, 0.717) is 13.0 Å². The standard InChI is InChI=1S/C15H17ClN2OS.ClH/c16-14-7-6-12(20-14)8-9-18-15(19)10-13(17)11-4-2-1-3-5-11;/h1-7,13H,8-10,17H2,(H,18,19);1H. The van der Waals surface area contributed by atoms with Gasteiger partial charge in [-0.05, 0) is 24.1 Å². The Bertz CT molecular complexity index is 560. The molecule has 0 aliphatic rings. The summed E-state index contributed by atoms with van der Waals surface area (Å²) in [6, 6.07) is 13.2. The van der Waals surface area contributed by atoms with E-state index in [0.717, 1.165) is 16.3 Å².